The molecule has 5 nitrogen and oxygen atoms in total. The van der Waals surface area contributed by atoms with Gasteiger partial charge in [-0.25, -0.2) is 4.68 Å². The Kier molecular flexibility index (Phi) is 3.55. The van der Waals surface area contributed by atoms with Crippen LogP contribution >= 0.6 is 0 Å². The van der Waals surface area contributed by atoms with Gasteiger partial charge in [-0.1, -0.05) is 18.2 Å². The molecule has 5 saturated carbocycles. The Morgan fingerprint density at radius 3 is 2.50 bits per heavy atom. The molecule has 2 N–H and O–H groups in total. The summed E-state index contributed by atoms with van der Waals surface area (Å²) in [6.07, 6.45) is 9.05. The third-order valence-corrected chi connectivity index (χ3v) is 7.62. The van der Waals surface area contributed by atoms with Gasteiger partial charge >= 0.3 is 0 Å². The molecule has 5 aliphatic carbocycles. The van der Waals surface area contributed by atoms with Crippen molar-refractivity contribution in [2.75, 3.05) is 0 Å². The van der Waals surface area contributed by atoms with E-state index in [2.05, 4.69) is 10.4 Å². The molecule has 1 aromatic carbocycles. The minimum absolute atomic E-state index is 0.0283. The largest absolute Gasteiger partial charge is 0.393 e. The van der Waals surface area contributed by atoms with Gasteiger partial charge in [-0.05, 0) is 74.8 Å². The zero-order valence-corrected chi connectivity index (χ0v) is 16.1. The standard InChI is InChI=1S/C23H27N3O2/c27-21-16-8-14-9-17(21)12-23(10-14,11-16)25-22(28)19-13-24-26(20(19)15-6-7-15)18-4-2-1-3-5-18/h1-5,13-17,21,27H,6-12H2,(H,25,28). The lowest BCUT2D eigenvalue weighted by atomic mass is 9.51. The van der Waals surface area contributed by atoms with Crippen molar-refractivity contribution in [1.82, 2.24) is 15.1 Å². The Balaban J connectivity index is 1.31. The Morgan fingerprint density at radius 1 is 1.11 bits per heavy atom. The van der Waals surface area contributed by atoms with E-state index in [9.17, 15) is 9.90 Å². The summed E-state index contributed by atoms with van der Waals surface area (Å²) in [5.41, 5.74) is 2.69. The van der Waals surface area contributed by atoms with Crippen LogP contribution in [0.2, 0.25) is 0 Å². The fourth-order valence-electron chi connectivity index (χ4n) is 6.52. The molecule has 2 unspecified atom stereocenters. The van der Waals surface area contributed by atoms with Crippen molar-refractivity contribution < 1.29 is 9.90 Å². The number of benzene rings is 1. The number of rotatable bonds is 4. The first-order chi connectivity index (χ1) is 13.6. The van der Waals surface area contributed by atoms with Crippen LogP contribution in [-0.2, 0) is 0 Å². The maximum Gasteiger partial charge on any atom is 0.255 e. The molecule has 0 saturated heterocycles. The number of aliphatic hydroxyl groups excluding tert-OH is 1. The average Bonchev–Trinajstić information content (AvgIpc) is 3.43. The highest BCUT2D eigenvalue weighted by Gasteiger charge is 2.55. The number of aliphatic hydroxyl groups is 1. The number of aromatic nitrogens is 2. The lowest BCUT2D eigenvalue weighted by Crippen LogP contribution is -2.63. The minimum atomic E-state index is -0.163. The van der Waals surface area contributed by atoms with E-state index < -0.39 is 0 Å². The van der Waals surface area contributed by atoms with Crippen LogP contribution < -0.4 is 5.32 Å². The van der Waals surface area contributed by atoms with E-state index in [1.54, 1.807) is 6.20 Å². The molecule has 4 bridgehead atoms. The van der Waals surface area contributed by atoms with Crippen LogP contribution in [0.15, 0.2) is 36.5 Å². The van der Waals surface area contributed by atoms with Crippen molar-refractivity contribution in [3.05, 3.63) is 47.8 Å². The summed E-state index contributed by atoms with van der Waals surface area (Å²) in [6.45, 7) is 0. The molecule has 146 valence electrons. The number of nitrogens with one attached hydrogen (secondary N) is 1. The molecule has 0 spiro atoms. The number of carbonyl (C=O) groups excluding carboxylic acids is 1. The molecule has 28 heavy (non-hydrogen) atoms. The van der Waals surface area contributed by atoms with Crippen molar-refractivity contribution in [3.63, 3.8) is 0 Å². The predicted molar refractivity (Wildman–Crippen MR) is 105 cm³/mol. The van der Waals surface area contributed by atoms with Crippen LogP contribution in [0, 0.1) is 17.8 Å². The molecule has 5 aliphatic rings. The molecule has 5 heteroatoms. The smallest absolute Gasteiger partial charge is 0.255 e. The van der Waals surface area contributed by atoms with E-state index in [1.807, 2.05) is 35.0 Å². The van der Waals surface area contributed by atoms with E-state index in [0.29, 0.717) is 23.7 Å². The maximum atomic E-state index is 13.4. The molecule has 1 aromatic heterocycles. The van der Waals surface area contributed by atoms with Crippen LogP contribution in [0.25, 0.3) is 5.69 Å². The summed E-state index contributed by atoms with van der Waals surface area (Å²) >= 11 is 0. The second-order valence-electron chi connectivity index (χ2n) is 9.66. The molecule has 5 fully saturated rings. The van der Waals surface area contributed by atoms with Gasteiger partial charge in [0.2, 0.25) is 0 Å². The monoisotopic (exact) mass is 377 g/mol. The van der Waals surface area contributed by atoms with E-state index >= 15 is 0 Å². The van der Waals surface area contributed by atoms with Gasteiger partial charge in [0, 0.05) is 11.5 Å². The van der Waals surface area contributed by atoms with Crippen molar-refractivity contribution in [3.8, 4) is 5.69 Å². The zero-order chi connectivity index (χ0) is 18.9. The minimum Gasteiger partial charge on any atom is -0.393 e. The predicted octanol–water partition coefficient (Wildman–Crippen LogP) is 3.42. The molecule has 7 rings (SSSR count). The molecule has 0 radical (unpaired) electrons. The van der Waals surface area contributed by atoms with Crippen molar-refractivity contribution in [2.24, 2.45) is 17.8 Å². The summed E-state index contributed by atoms with van der Waals surface area (Å²) in [5, 5.41) is 18.6. The van der Waals surface area contributed by atoms with Crippen LogP contribution in [-0.4, -0.2) is 32.4 Å². The number of amides is 1. The summed E-state index contributed by atoms with van der Waals surface area (Å²) < 4.78 is 1.95. The van der Waals surface area contributed by atoms with E-state index in [0.717, 1.165) is 61.9 Å². The van der Waals surface area contributed by atoms with Gasteiger partial charge in [0.15, 0.2) is 0 Å². The fraction of sp³-hybridized carbons (Fsp3) is 0.565. The zero-order valence-electron chi connectivity index (χ0n) is 16.1. The van der Waals surface area contributed by atoms with E-state index in [-0.39, 0.29) is 17.6 Å². The first kappa shape index (κ1) is 16.8. The van der Waals surface area contributed by atoms with Gasteiger partial charge in [-0.3, -0.25) is 4.79 Å². The number of para-hydroxylation sites is 1. The molecule has 1 heterocycles. The third kappa shape index (κ3) is 2.55. The lowest BCUT2D eigenvalue weighted by molar-refractivity contribution is -0.109. The summed E-state index contributed by atoms with van der Waals surface area (Å²) in [4.78, 5) is 13.4. The molecular formula is C23H27N3O2. The normalized spacial score (nSPS) is 35.9. The Labute approximate surface area is 165 Å². The second kappa shape index (κ2) is 5.93. The molecule has 2 aromatic rings. The Bertz CT molecular complexity index is 901. The highest BCUT2D eigenvalue weighted by Crippen LogP contribution is 2.55. The third-order valence-electron chi connectivity index (χ3n) is 7.62. The van der Waals surface area contributed by atoms with Crippen molar-refractivity contribution in [1.29, 1.82) is 0 Å². The molecule has 1 amide bonds. The van der Waals surface area contributed by atoms with Crippen molar-refractivity contribution in [2.45, 2.75) is 62.5 Å². The maximum absolute atomic E-state index is 13.4. The first-order valence-corrected chi connectivity index (χ1v) is 10.8. The van der Waals surface area contributed by atoms with Gasteiger partial charge in [-0.2, -0.15) is 5.10 Å². The number of nitrogens with zero attached hydrogens (tertiary/aromatic N) is 2. The van der Waals surface area contributed by atoms with E-state index in [1.165, 1.54) is 0 Å². The highest BCUT2D eigenvalue weighted by atomic mass is 16.3. The van der Waals surface area contributed by atoms with Crippen LogP contribution in [0.1, 0.15) is 66.9 Å². The van der Waals surface area contributed by atoms with E-state index in [4.69, 9.17) is 0 Å². The van der Waals surface area contributed by atoms with Crippen LogP contribution in [0.4, 0.5) is 0 Å². The van der Waals surface area contributed by atoms with Crippen LogP contribution in [0.3, 0.4) is 0 Å². The fourth-order valence-corrected chi connectivity index (χ4v) is 6.52. The van der Waals surface area contributed by atoms with Crippen molar-refractivity contribution >= 4 is 5.91 Å². The number of carbonyl (C=O) groups is 1. The highest BCUT2D eigenvalue weighted by molar-refractivity contribution is 5.96. The topological polar surface area (TPSA) is 67.2 Å². The van der Waals surface area contributed by atoms with Gasteiger partial charge in [0.1, 0.15) is 0 Å². The number of hydrogen-bond donors (Lipinski definition) is 2. The molecule has 0 aliphatic heterocycles. The summed E-state index contributed by atoms with van der Waals surface area (Å²) in [7, 11) is 0. The quantitative estimate of drug-likeness (QED) is 0.858. The molecule has 2 atom stereocenters. The van der Waals surface area contributed by atoms with Crippen LogP contribution in [0.5, 0.6) is 0 Å². The first-order valence-electron chi connectivity index (χ1n) is 10.8. The SMILES string of the molecule is O=C(NC12CC3CC(C1)C(O)C(C3)C2)c1cnn(-c2ccccc2)c1C1CC1. The molecular weight excluding hydrogens is 350 g/mol. The summed E-state index contributed by atoms with van der Waals surface area (Å²) in [6, 6.07) is 10.1. The van der Waals surface area contributed by atoms with Gasteiger partial charge in [0.05, 0.1) is 29.2 Å². The summed E-state index contributed by atoms with van der Waals surface area (Å²) in [5.74, 6) is 1.85. The van der Waals surface area contributed by atoms with Gasteiger partial charge < -0.3 is 10.4 Å². The lowest BCUT2D eigenvalue weighted by Gasteiger charge is -2.58. The average molecular weight is 377 g/mol. The van der Waals surface area contributed by atoms with Gasteiger partial charge in [-0.15, -0.1) is 0 Å². The second-order valence-corrected chi connectivity index (χ2v) is 9.66. The number of hydrogen-bond acceptors (Lipinski definition) is 3. The Morgan fingerprint density at radius 2 is 1.82 bits per heavy atom. The Hall–Kier alpha value is -2.14. The van der Waals surface area contributed by atoms with Gasteiger partial charge in [0.25, 0.3) is 5.91 Å².